The lowest BCUT2D eigenvalue weighted by molar-refractivity contribution is 0.620. The van der Waals surface area contributed by atoms with Crippen molar-refractivity contribution in [1.82, 2.24) is 4.98 Å². The van der Waals surface area contributed by atoms with E-state index in [2.05, 4.69) is 54.4 Å². The Hall–Kier alpha value is -4.96. The number of aromatic nitrogens is 1. The number of oxazole rings is 1. The molecule has 184 valence electrons. The minimum Gasteiger partial charge on any atom is -0.436 e. The summed E-state index contributed by atoms with van der Waals surface area (Å²) in [5, 5.41) is 0. The molecule has 1 atom stereocenters. The summed E-state index contributed by atoms with van der Waals surface area (Å²) in [5.74, 6) is 0.837. The Kier molecular flexibility index (Phi) is 6.29. The topological polar surface area (TPSA) is 64.4 Å². The summed E-state index contributed by atoms with van der Waals surface area (Å²) in [6.07, 6.45) is 8.26. The third-order valence-electron chi connectivity index (χ3n) is 6.72. The predicted octanol–water partition coefficient (Wildman–Crippen LogP) is 8.15. The number of fused-ring (bicyclic) bond motifs is 1. The largest absolute Gasteiger partial charge is 0.436 e. The van der Waals surface area contributed by atoms with Gasteiger partial charge in [0.15, 0.2) is 5.58 Å². The van der Waals surface area contributed by atoms with Gasteiger partial charge in [-0.2, -0.15) is 0 Å². The number of nitrogens with two attached hydrogens (primary N) is 1. The smallest absolute Gasteiger partial charge is 0.227 e. The van der Waals surface area contributed by atoms with Crippen LogP contribution >= 0.6 is 0 Å². The van der Waals surface area contributed by atoms with E-state index in [1.807, 2.05) is 84.9 Å². The van der Waals surface area contributed by atoms with E-state index < -0.39 is 0 Å². The van der Waals surface area contributed by atoms with Crippen molar-refractivity contribution in [2.24, 2.45) is 16.6 Å². The van der Waals surface area contributed by atoms with Crippen LogP contribution in [0.2, 0.25) is 0 Å². The molecule has 6 rings (SSSR count). The van der Waals surface area contributed by atoms with Gasteiger partial charge in [0, 0.05) is 28.3 Å². The van der Waals surface area contributed by atoms with Gasteiger partial charge in [0.25, 0.3) is 0 Å². The van der Waals surface area contributed by atoms with Gasteiger partial charge in [-0.25, -0.2) is 4.98 Å². The molecule has 0 amide bonds. The van der Waals surface area contributed by atoms with E-state index >= 15 is 0 Å². The number of allylic oxidation sites excluding steroid dienone is 4. The summed E-state index contributed by atoms with van der Waals surface area (Å²) < 4.78 is 5.93. The number of nitrogens with zero attached hydrogens (tertiary/aromatic N) is 2. The Morgan fingerprint density at radius 1 is 0.763 bits per heavy atom. The first kappa shape index (κ1) is 23.4. The van der Waals surface area contributed by atoms with Gasteiger partial charge >= 0.3 is 0 Å². The Morgan fingerprint density at radius 2 is 1.50 bits per heavy atom. The summed E-state index contributed by atoms with van der Waals surface area (Å²) in [7, 11) is 0. The number of hydrogen-bond acceptors (Lipinski definition) is 4. The van der Waals surface area contributed by atoms with Crippen LogP contribution in [-0.4, -0.2) is 10.7 Å². The monoisotopic (exact) mass is 493 g/mol. The number of aliphatic imine (C=N–C) groups is 1. The van der Waals surface area contributed by atoms with Crippen LogP contribution in [0, 0.1) is 5.92 Å². The van der Waals surface area contributed by atoms with Crippen molar-refractivity contribution in [2.75, 3.05) is 0 Å². The molecule has 0 aliphatic heterocycles. The van der Waals surface area contributed by atoms with Crippen molar-refractivity contribution in [3.05, 3.63) is 139 Å². The molecule has 1 heterocycles. The Balaban J connectivity index is 1.36. The van der Waals surface area contributed by atoms with Crippen LogP contribution in [0.25, 0.3) is 45.1 Å². The first-order valence-electron chi connectivity index (χ1n) is 12.7. The van der Waals surface area contributed by atoms with Gasteiger partial charge in [0.2, 0.25) is 5.89 Å². The van der Waals surface area contributed by atoms with Crippen LogP contribution in [-0.2, 0) is 0 Å². The zero-order chi connectivity index (χ0) is 25.9. The van der Waals surface area contributed by atoms with E-state index in [9.17, 15) is 0 Å². The maximum Gasteiger partial charge on any atom is 0.227 e. The second-order valence-corrected chi connectivity index (χ2v) is 9.34. The van der Waals surface area contributed by atoms with Crippen LogP contribution in [0.1, 0.15) is 18.1 Å². The molecule has 0 saturated carbocycles. The molecular formula is C34H27N3O. The second-order valence-electron chi connectivity index (χ2n) is 9.34. The average Bonchev–Trinajstić information content (AvgIpc) is 3.42. The lowest BCUT2D eigenvalue weighted by atomic mass is 9.98. The average molecular weight is 494 g/mol. The molecule has 4 nitrogen and oxygen atoms in total. The molecule has 1 unspecified atom stereocenters. The highest BCUT2D eigenvalue weighted by atomic mass is 16.3. The summed E-state index contributed by atoms with van der Waals surface area (Å²) in [4.78, 5) is 9.66. The highest BCUT2D eigenvalue weighted by Crippen LogP contribution is 2.30. The van der Waals surface area contributed by atoms with Gasteiger partial charge in [-0.15, -0.1) is 0 Å². The number of rotatable bonds is 5. The quantitative estimate of drug-likeness (QED) is 0.251. The molecule has 4 aromatic carbocycles. The zero-order valence-corrected chi connectivity index (χ0v) is 21.1. The molecule has 1 aliphatic carbocycles. The van der Waals surface area contributed by atoms with Crippen LogP contribution in [0.3, 0.4) is 0 Å². The van der Waals surface area contributed by atoms with Crippen molar-refractivity contribution in [3.8, 4) is 22.6 Å². The van der Waals surface area contributed by atoms with Crippen LogP contribution in [0.5, 0.6) is 0 Å². The molecule has 0 fully saturated rings. The molecule has 1 aliphatic rings. The SMILES string of the molecule is CC1C=CC=CC1=N/C(=C(\N)c1cccc(-c2ccc(-c3nc4ccccc4o3)cc2)c1)c1ccccc1. The van der Waals surface area contributed by atoms with Crippen LogP contribution < -0.4 is 5.73 Å². The molecule has 2 N–H and O–H groups in total. The van der Waals surface area contributed by atoms with Crippen LogP contribution in [0.15, 0.2) is 137 Å². The van der Waals surface area contributed by atoms with E-state index in [-0.39, 0.29) is 5.92 Å². The Bertz CT molecular complexity index is 1690. The zero-order valence-electron chi connectivity index (χ0n) is 21.1. The first-order valence-corrected chi connectivity index (χ1v) is 12.7. The van der Waals surface area contributed by atoms with Crippen molar-refractivity contribution < 1.29 is 4.42 Å². The molecule has 0 spiro atoms. The highest BCUT2D eigenvalue weighted by molar-refractivity contribution is 6.04. The standard InChI is InChI=1S/C34H27N3O/c1-23-10-5-6-15-29(23)36-33(25-11-3-2-4-12-25)32(35)28-14-9-13-27(22-28)24-18-20-26(21-19-24)34-37-30-16-7-8-17-31(30)38-34/h2-23H,35H2,1H3/b33-32-,36-29?. The fourth-order valence-corrected chi connectivity index (χ4v) is 4.58. The summed E-state index contributed by atoms with van der Waals surface area (Å²) >= 11 is 0. The molecule has 1 aromatic heterocycles. The predicted molar refractivity (Wildman–Crippen MR) is 157 cm³/mol. The van der Waals surface area contributed by atoms with E-state index in [0.717, 1.165) is 50.3 Å². The summed E-state index contributed by atoms with van der Waals surface area (Å²) in [6, 6.07) is 34.5. The molecular weight excluding hydrogens is 466 g/mol. The molecule has 38 heavy (non-hydrogen) atoms. The third kappa shape index (κ3) is 4.72. The van der Waals surface area contributed by atoms with E-state index in [1.165, 1.54) is 0 Å². The van der Waals surface area contributed by atoms with Gasteiger partial charge in [-0.05, 0) is 47.5 Å². The summed E-state index contributed by atoms with van der Waals surface area (Å²) in [5.41, 5.74) is 15.9. The second kappa shape index (κ2) is 10.2. The van der Waals surface area contributed by atoms with Gasteiger partial charge in [0.1, 0.15) is 5.52 Å². The van der Waals surface area contributed by atoms with Gasteiger partial charge in [-0.3, -0.25) is 4.99 Å². The van der Waals surface area contributed by atoms with E-state index in [4.69, 9.17) is 15.1 Å². The first-order chi connectivity index (χ1) is 18.7. The third-order valence-corrected chi connectivity index (χ3v) is 6.72. The number of benzene rings is 4. The van der Waals surface area contributed by atoms with Gasteiger partial charge < -0.3 is 10.2 Å². The maximum absolute atomic E-state index is 6.83. The lowest BCUT2D eigenvalue weighted by Gasteiger charge is -2.15. The maximum atomic E-state index is 6.83. The molecule has 4 heteroatoms. The molecule has 0 saturated heterocycles. The van der Waals surface area contributed by atoms with Crippen molar-refractivity contribution in [3.63, 3.8) is 0 Å². The lowest BCUT2D eigenvalue weighted by Crippen LogP contribution is -2.10. The minimum absolute atomic E-state index is 0.220. The number of hydrogen-bond donors (Lipinski definition) is 1. The Morgan fingerprint density at radius 3 is 2.29 bits per heavy atom. The van der Waals surface area contributed by atoms with Gasteiger partial charge in [0.05, 0.1) is 11.4 Å². The minimum atomic E-state index is 0.220. The van der Waals surface area contributed by atoms with E-state index in [1.54, 1.807) is 0 Å². The van der Waals surface area contributed by atoms with E-state index in [0.29, 0.717) is 11.6 Å². The van der Waals surface area contributed by atoms with Crippen molar-refractivity contribution in [2.45, 2.75) is 6.92 Å². The normalized spacial score (nSPS) is 16.7. The molecule has 5 aromatic rings. The van der Waals surface area contributed by atoms with Crippen molar-refractivity contribution >= 4 is 28.2 Å². The highest BCUT2D eigenvalue weighted by Gasteiger charge is 2.14. The van der Waals surface area contributed by atoms with Crippen molar-refractivity contribution in [1.29, 1.82) is 0 Å². The fraction of sp³-hybridized carbons (Fsp3) is 0.0588. The molecule has 0 radical (unpaired) electrons. The number of para-hydroxylation sites is 2. The molecule has 0 bridgehead atoms. The fourth-order valence-electron chi connectivity index (χ4n) is 4.58. The Labute approximate surface area is 222 Å². The van der Waals surface area contributed by atoms with Gasteiger partial charge in [-0.1, -0.05) is 97.9 Å². The van der Waals surface area contributed by atoms with Crippen LogP contribution in [0.4, 0.5) is 0 Å². The summed E-state index contributed by atoms with van der Waals surface area (Å²) in [6.45, 7) is 2.14.